The van der Waals surface area contributed by atoms with Gasteiger partial charge in [0.05, 0.1) is 17.1 Å². The predicted molar refractivity (Wildman–Crippen MR) is 110 cm³/mol. The predicted octanol–water partition coefficient (Wildman–Crippen LogP) is 4.24. The molecule has 1 N–H and O–H groups in total. The number of nitrogens with zero attached hydrogens (tertiary/aromatic N) is 1. The topological polar surface area (TPSA) is 66.5 Å². The summed E-state index contributed by atoms with van der Waals surface area (Å²) < 4.78 is 68.2. The van der Waals surface area contributed by atoms with E-state index in [-0.39, 0.29) is 16.1 Å². The van der Waals surface area contributed by atoms with Crippen molar-refractivity contribution in [1.82, 2.24) is 4.31 Å². The van der Waals surface area contributed by atoms with Crippen molar-refractivity contribution in [3.8, 4) is 0 Å². The van der Waals surface area contributed by atoms with E-state index in [0.29, 0.717) is 6.07 Å². The molecule has 0 aliphatic rings. The summed E-state index contributed by atoms with van der Waals surface area (Å²) in [6.07, 6.45) is 0. The molecule has 0 unspecified atom stereocenters. The van der Waals surface area contributed by atoms with E-state index in [2.05, 4.69) is 5.32 Å². The number of hydrogen-bond acceptors (Lipinski definition) is 3. The van der Waals surface area contributed by atoms with Crippen LogP contribution in [0.25, 0.3) is 0 Å². The summed E-state index contributed by atoms with van der Waals surface area (Å²) in [5.41, 5.74) is 0.605. The van der Waals surface area contributed by atoms with Crippen molar-refractivity contribution in [2.24, 2.45) is 0 Å². The Morgan fingerprint density at radius 3 is 2.26 bits per heavy atom. The Balaban J connectivity index is 1.90. The molecule has 0 aliphatic carbocycles. The van der Waals surface area contributed by atoms with Crippen LogP contribution in [0.2, 0.25) is 0 Å². The van der Waals surface area contributed by atoms with Gasteiger partial charge in [0.25, 0.3) is 0 Å². The van der Waals surface area contributed by atoms with Gasteiger partial charge in [-0.25, -0.2) is 21.6 Å². The molecule has 0 spiro atoms. The lowest BCUT2D eigenvalue weighted by atomic mass is 10.2. The Morgan fingerprint density at radius 1 is 0.935 bits per heavy atom. The molecule has 0 heterocycles. The minimum Gasteiger partial charge on any atom is -0.322 e. The van der Waals surface area contributed by atoms with Crippen LogP contribution in [0.4, 0.5) is 18.9 Å². The molecule has 0 atom stereocenters. The number of sulfonamides is 1. The lowest BCUT2D eigenvalue weighted by Gasteiger charge is -2.22. The maximum absolute atomic E-state index is 14.2. The highest BCUT2D eigenvalue weighted by Gasteiger charge is 2.28. The zero-order valence-corrected chi connectivity index (χ0v) is 17.3. The zero-order valence-electron chi connectivity index (χ0n) is 16.5. The SMILES string of the molecule is Cc1ccc(S(=O)(=O)N(CC(=O)Nc2ccc(F)cc2F)Cc2ccccc2F)cc1. The van der Waals surface area contributed by atoms with E-state index >= 15 is 0 Å². The number of halogens is 3. The summed E-state index contributed by atoms with van der Waals surface area (Å²) in [5.74, 6) is -3.32. The molecule has 0 aliphatic heterocycles. The largest absolute Gasteiger partial charge is 0.322 e. The summed E-state index contributed by atoms with van der Waals surface area (Å²) >= 11 is 0. The van der Waals surface area contributed by atoms with Gasteiger partial charge in [-0.05, 0) is 37.3 Å². The van der Waals surface area contributed by atoms with Gasteiger partial charge in [-0.15, -0.1) is 0 Å². The van der Waals surface area contributed by atoms with Crippen LogP contribution >= 0.6 is 0 Å². The van der Waals surface area contributed by atoms with Gasteiger partial charge in [-0.2, -0.15) is 4.31 Å². The fourth-order valence-electron chi connectivity index (χ4n) is 2.84. The van der Waals surface area contributed by atoms with Crippen LogP contribution < -0.4 is 5.32 Å². The lowest BCUT2D eigenvalue weighted by Crippen LogP contribution is -2.38. The number of carbonyl (C=O) groups excluding carboxylic acids is 1. The first-order chi connectivity index (χ1) is 14.7. The minimum atomic E-state index is -4.18. The Hall–Kier alpha value is -3.17. The molecule has 162 valence electrons. The molecule has 31 heavy (non-hydrogen) atoms. The van der Waals surface area contributed by atoms with Crippen molar-refractivity contribution in [2.45, 2.75) is 18.4 Å². The number of rotatable bonds is 7. The van der Waals surface area contributed by atoms with Crippen molar-refractivity contribution in [2.75, 3.05) is 11.9 Å². The van der Waals surface area contributed by atoms with E-state index in [1.165, 1.54) is 30.3 Å². The van der Waals surface area contributed by atoms with Gasteiger partial charge in [0.15, 0.2) is 0 Å². The van der Waals surface area contributed by atoms with Crippen molar-refractivity contribution < 1.29 is 26.4 Å². The highest BCUT2D eigenvalue weighted by Crippen LogP contribution is 2.21. The fraction of sp³-hybridized carbons (Fsp3) is 0.136. The van der Waals surface area contributed by atoms with Gasteiger partial charge in [-0.3, -0.25) is 4.79 Å². The summed E-state index contributed by atoms with van der Waals surface area (Å²) in [7, 11) is -4.18. The normalized spacial score (nSPS) is 11.5. The fourth-order valence-corrected chi connectivity index (χ4v) is 4.22. The first kappa shape index (κ1) is 22.5. The zero-order chi connectivity index (χ0) is 22.6. The molecule has 5 nitrogen and oxygen atoms in total. The average Bonchev–Trinajstić information content (AvgIpc) is 2.71. The van der Waals surface area contributed by atoms with Crippen molar-refractivity contribution in [3.63, 3.8) is 0 Å². The van der Waals surface area contributed by atoms with Gasteiger partial charge in [0.2, 0.25) is 15.9 Å². The van der Waals surface area contributed by atoms with Gasteiger partial charge in [-0.1, -0.05) is 35.9 Å². The standard InChI is InChI=1S/C22H19F3N2O3S/c1-15-6-9-18(10-7-15)31(29,30)27(13-16-4-2-3-5-19(16)24)14-22(28)26-21-11-8-17(23)12-20(21)25/h2-12H,13-14H2,1H3,(H,26,28). The van der Waals surface area contributed by atoms with Crippen LogP contribution in [0.3, 0.4) is 0 Å². The Morgan fingerprint density at radius 2 is 1.61 bits per heavy atom. The quantitative estimate of drug-likeness (QED) is 0.588. The maximum Gasteiger partial charge on any atom is 0.243 e. The third-order valence-electron chi connectivity index (χ3n) is 4.49. The van der Waals surface area contributed by atoms with E-state index in [4.69, 9.17) is 0 Å². The van der Waals surface area contributed by atoms with Gasteiger partial charge in [0, 0.05) is 18.2 Å². The highest BCUT2D eigenvalue weighted by atomic mass is 32.2. The maximum atomic E-state index is 14.2. The first-order valence-electron chi connectivity index (χ1n) is 9.22. The van der Waals surface area contributed by atoms with E-state index in [1.807, 2.05) is 0 Å². The van der Waals surface area contributed by atoms with E-state index < -0.39 is 46.5 Å². The highest BCUT2D eigenvalue weighted by molar-refractivity contribution is 7.89. The molecule has 3 rings (SSSR count). The number of hydrogen-bond donors (Lipinski definition) is 1. The molecule has 0 bridgehead atoms. The van der Waals surface area contributed by atoms with Crippen LogP contribution in [0.5, 0.6) is 0 Å². The average molecular weight is 448 g/mol. The lowest BCUT2D eigenvalue weighted by molar-refractivity contribution is -0.116. The first-order valence-corrected chi connectivity index (χ1v) is 10.7. The van der Waals surface area contributed by atoms with E-state index in [1.54, 1.807) is 25.1 Å². The minimum absolute atomic E-state index is 0.0685. The molecule has 9 heteroatoms. The van der Waals surface area contributed by atoms with Crippen LogP contribution in [0, 0.1) is 24.4 Å². The smallest absolute Gasteiger partial charge is 0.243 e. The second-order valence-corrected chi connectivity index (χ2v) is 8.79. The molecule has 0 aromatic heterocycles. The number of benzene rings is 3. The van der Waals surface area contributed by atoms with Gasteiger partial charge in [0.1, 0.15) is 17.5 Å². The second kappa shape index (κ2) is 9.32. The number of amides is 1. The Kier molecular flexibility index (Phi) is 6.77. The van der Waals surface area contributed by atoms with Crippen molar-refractivity contribution in [3.05, 3.63) is 95.3 Å². The molecular formula is C22H19F3N2O3S. The number of anilines is 1. The molecule has 0 saturated carbocycles. The summed E-state index contributed by atoms with van der Waals surface area (Å²) in [6, 6.07) is 14.1. The van der Waals surface area contributed by atoms with Crippen LogP contribution in [0.15, 0.2) is 71.6 Å². The third-order valence-corrected chi connectivity index (χ3v) is 6.29. The summed E-state index contributed by atoms with van der Waals surface area (Å²) in [4.78, 5) is 12.4. The Labute approximate surface area is 178 Å². The van der Waals surface area contributed by atoms with Crippen LogP contribution in [-0.2, 0) is 21.4 Å². The van der Waals surface area contributed by atoms with Crippen LogP contribution in [0.1, 0.15) is 11.1 Å². The number of nitrogens with one attached hydrogen (secondary N) is 1. The molecule has 3 aromatic carbocycles. The van der Waals surface area contributed by atoms with Gasteiger partial charge < -0.3 is 5.32 Å². The molecular weight excluding hydrogens is 429 g/mol. The molecule has 3 aromatic rings. The molecule has 0 fully saturated rings. The van der Waals surface area contributed by atoms with Crippen molar-refractivity contribution in [1.29, 1.82) is 0 Å². The second-order valence-electron chi connectivity index (χ2n) is 6.85. The number of carbonyl (C=O) groups is 1. The third kappa shape index (κ3) is 5.50. The Bertz CT molecular complexity index is 1200. The molecule has 0 saturated heterocycles. The summed E-state index contributed by atoms with van der Waals surface area (Å²) in [5, 5.41) is 2.22. The van der Waals surface area contributed by atoms with E-state index in [9.17, 15) is 26.4 Å². The molecule has 0 radical (unpaired) electrons. The van der Waals surface area contributed by atoms with Crippen LogP contribution in [-0.4, -0.2) is 25.2 Å². The van der Waals surface area contributed by atoms with Crippen molar-refractivity contribution >= 4 is 21.6 Å². The summed E-state index contributed by atoms with van der Waals surface area (Å²) in [6.45, 7) is 0.668. The van der Waals surface area contributed by atoms with Gasteiger partial charge >= 0.3 is 0 Å². The van der Waals surface area contributed by atoms with E-state index in [0.717, 1.165) is 22.0 Å². The molecule has 1 amide bonds. The monoisotopic (exact) mass is 448 g/mol. The number of aryl methyl sites for hydroxylation is 1.